The Morgan fingerprint density at radius 1 is 1.11 bits per heavy atom. The van der Waals surface area contributed by atoms with Gasteiger partial charge in [-0.2, -0.15) is 5.10 Å². The van der Waals surface area contributed by atoms with E-state index in [1.165, 1.54) is 0 Å². The highest BCUT2D eigenvalue weighted by Gasteiger charge is 2.43. The van der Waals surface area contributed by atoms with E-state index in [0.29, 0.717) is 0 Å². The molecular weight excluding hydrogens is 236 g/mol. The molecule has 0 amide bonds. The number of H-pyrrole nitrogens is 1. The summed E-state index contributed by atoms with van der Waals surface area (Å²) in [5.74, 6) is -2.57. The van der Waals surface area contributed by atoms with Crippen LogP contribution >= 0.6 is 0 Å². The van der Waals surface area contributed by atoms with Gasteiger partial charge >= 0.3 is 0 Å². The standard InChI is InChI=1S/C13H15F2N3/c14-13(15)7-5-12(16,6-8-13)11-9-3-1-2-4-10(9)17-18-11/h1-4H,5-8,16H2,(H,17,18). The molecule has 0 saturated heterocycles. The van der Waals surface area contributed by atoms with E-state index in [0.717, 1.165) is 16.6 Å². The third kappa shape index (κ3) is 1.79. The first-order valence-electron chi connectivity index (χ1n) is 6.11. The molecule has 0 aliphatic heterocycles. The van der Waals surface area contributed by atoms with Crippen LogP contribution in [-0.4, -0.2) is 16.1 Å². The number of rotatable bonds is 1. The van der Waals surface area contributed by atoms with Gasteiger partial charge in [0.25, 0.3) is 0 Å². The molecular formula is C13H15F2N3. The Kier molecular flexibility index (Phi) is 2.41. The zero-order valence-corrected chi connectivity index (χ0v) is 9.92. The van der Waals surface area contributed by atoms with Crippen molar-refractivity contribution in [3.63, 3.8) is 0 Å². The van der Waals surface area contributed by atoms with Crippen LogP contribution in [0.25, 0.3) is 10.9 Å². The minimum Gasteiger partial charge on any atom is -0.320 e. The van der Waals surface area contributed by atoms with Crippen molar-refractivity contribution in [2.75, 3.05) is 0 Å². The summed E-state index contributed by atoms with van der Waals surface area (Å²) in [5.41, 5.74) is 7.21. The second kappa shape index (κ2) is 3.75. The van der Waals surface area contributed by atoms with Crippen molar-refractivity contribution in [2.45, 2.75) is 37.1 Å². The lowest BCUT2D eigenvalue weighted by molar-refractivity contribution is -0.0517. The van der Waals surface area contributed by atoms with Gasteiger partial charge in [0.05, 0.1) is 16.7 Å². The summed E-state index contributed by atoms with van der Waals surface area (Å²) in [6, 6.07) is 7.61. The lowest BCUT2D eigenvalue weighted by Crippen LogP contribution is -2.44. The monoisotopic (exact) mass is 251 g/mol. The predicted molar refractivity (Wildman–Crippen MR) is 65.4 cm³/mol. The van der Waals surface area contributed by atoms with Gasteiger partial charge in [-0.25, -0.2) is 8.78 Å². The van der Waals surface area contributed by atoms with E-state index in [4.69, 9.17) is 5.73 Å². The van der Waals surface area contributed by atoms with Crippen molar-refractivity contribution in [1.82, 2.24) is 10.2 Å². The Morgan fingerprint density at radius 2 is 1.78 bits per heavy atom. The lowest BCUT2D eigenvalue weighted by Gasteiger charge is -2.36. The summed E-state index contributed by atoms with van der Waals surface area (Å²) in [5, 5.41) is 8.05. The second-order valence-electron chi connectivity index (χ2n) is 5.13. The van der Waals surface area contributed by atoms with E-state index in [2.05, 4.69) is 10.2 Å². The Labute approximate surface area is 103 Å². The molecule has 5 heteroatoms. The number of benzene rings is 1. The maximum Gasteiger partial charge on any atom is 0.248 e. The highest BCUT2D eigenvalue weighted by Crippen LogP contribution is 2.43. The molecule has 0 bridgehead atoms. The molecule has 1 aromatic heterocycles. The number of nitrogens with one attached hydrogen (secondary N) is 1. The van der Waals surface area contributed by atoms with E-state index in [-0.39, 0.29) is 25.7 Å². The summed E-state index contributed by atoms with van der Waals surface area (Å²) in [7, 11) is 0. The van der Waals surface area contributed by atoms with E-state index >= 15 is 0 Å². The SMILES string of the molecule is NC1(c2[nH]nc3ccccc23)CCC(F)(F)CC1. The number of aromatic amines is 1. The van der Waals surface area contributed by atoms with Crippen LogP contribution in [0.4, 0.5) is 8.78 Å². The Bertz CT molecular complexity index is 566. The molecule has 0 unspecified atom stereocenters. The molecule has 1 aliphatic rings. The first-order valence-corrected chi connectivity index (χ1v) is 6.11. The summed E-state index contributed by atoms with van der Waals surface area (Å²) in [4.78, 5) is 0. The van der Waals surface area contributed by atoms with Crippen molar-refractivity contribution in [3.8, 4) is 0 Å². The quantitative estimate of drug-likeness (QED) is 0.818. The van der Waals surface area contributed by atoms with E-state index in [1.54, 1.807) is 0 Å². The van der Waals surface area contributed by atoms with Crippen LogP contribution in [0.15, 0.2) is 24.3 Å². The molecule has 3 nitrogen and oxygen atoms in total. The zero-order chi connectivity index (χ0) is 12.8. The number of halogens is 2. The van der Waals surface area contributed by atoms with Gasteiger partial charge < -0.3 is 5.73 Å². The molecule has 1 heterocycles. The van der Waals surface area contributed by atoms with Gasteiger partial charge in [-0.05, 0) is 18.9 Å². The van der Waals surface area contributed by atoms with Crippen LogP contribution in [0.3, 0.4) is 0 Å². The molecule has 2 aromatic rings. The molecule has 3 N–H and O–H groups in total. The lowest BCUT2D eigenvalue weighted by atomic mass is 9.77. The van der Waals surface area contributed by atoms with Crippen LogP contribution in [-0.2, 0) is 5.54 Å². The van der Waals surface area contributed by atoms with Crippen molar-refractivity contribution < 1.29 is 8.78 Å². The maximum absolute atomic E-state index is 13.2. The minimum absolute atomic E-state index is 0.156. The second-order valence-corrected chi connectivity index (χ2v) is 5.13. The highest BCUT2D eigenvalue weighted by atomic mass is 19.3. The number of nitrogens with zero attached hydrogens (tertiary/aromatic N) is 1. The molecule has 1 aromatic carbocycles. The summed E-state index contributed by atoms with van der Waals surface area (Å²) in [6.07, 6.45) is 0.256. The minimum atomic E-state index is -2.57. The first kappa shape index (κ1) is 11.6. The van der Waals surface area contributed by atoms with E-state index in [9.17, 15) is 8.78 Å². The van der Waals surface area contributed by atoms with Gasteiger partial charge in [-0.1, -0.05) is 18.2 Å². The molecule has 3 rings (SSSR count). The highest BCUT2D eigenvalue weighted by molar-refractivity contribution is 5.82. The first-order chi connectivity index (χ1) is 8.50. The third-order valence-electron chi connectivity index (χ3n) is 3.83. The van der Waals surface area contributed by atoms with Gasteiger partial charge in [-0.15, -0.1) is 0 Å². The Hall–Kier alpha value is -1.49. The van der Waals surface area contributed by atoms with Crippen molar-refractivity contribution in [3.05, 3.63) is 30.0 Å². The van der Waals surface area contributed by atoms with E-state index < -0.39 is 11.5 Å². The van der Waals surface area contributed by atoms with Gasteiger partial charge in [0.1, 0.15) is 0 Å². The number of aromatic nitrogens is 2. The average molecular weight is 251 g/mol. The van der Waals surface area contributed by atoms with Gasteiger partial charge in [0.15, 0.2) is 0 Å². The molecule has 1 saturated carbocycles. The molecule has 1 aliphatic carbocycles. The largest absolute Gasteiger partial charge is 0.320 e. The predicted octanol–water partition coefficient (Wildman–Crippen LogP) is 2.93. The van der Waals surface area contributed by atoms with Crippen LogP contribution in [0.1, 0.15) is 31.4 Å². The Morgan fingerprint density at radius 3 is 2.50 bits per heavy atom. The average Bonchev–Trinajstić information content (AvgIpc) is 2.78. The number of fused-ring (bicyclic) bond motifs is 1. The number of hydrogen-bond acceptors (Lipinski definition) is 2. The van der Waals surface area contributed by atoms with Crippen LogP contribution in [0, 0.1) is 0 Å². The third-order valence-corrected chi connectivity index (χ3v) is 3.83. The molecule has 1 fully saturated rings. The molecule has 0 atom stereocenters. The zero-order valence-electron chi connectivity index (χ0n) is 9.92. The summed E-state index contributed by atoms with van der Waals surface area (Å²) in [6.45, 7) is 0. The van der Waals surface area contributed by atoms with Crippen LogP contribution in [0.5, 0.6) is 0 Å². The van der Waals surface area contributed by atoms with Crippen molar-refractivity contribution in [2.24, 2.45) is 5.73 Å². The smallest absolute Gasteiger partial charge is 0.248 e. The molecule has 18 heavy (non-hydrogen) atoms. The normalized spacial score (nSPS) is 22.2. The van der Waals surface area contributed by atoms with Gasteiger partial charge in [-0.3, -0.25) is 5.10 Å². The van der Waals surface area contributed by atoms with Crippen molar-refractivity contribution in [1.29, 1.82) is 0 Å². The number of para-hydroxylation sites is 1. The Balaban J connectivity index is 1.99. The fourth-order valence-electron chi connectivity index (χ4n) is 2.65. The van der Waals surface area contributed by atoms with Gasteiger partial charge in [0, 0.05) is 18.2 Å². The van der Waals surface area contributed by atoms with Crippen molar-refractivity contribution >= 4 is 10.9 Å². The summed E-state index contributed by atoms with van der Waals surface area (Å²) < 4.78 is 26.4. The number of alkyl halides is 2. The molecule has 0 spiro atoms. The number of nitrogens with two attached hydrogens (primary N) is 1. The van der Waals surface area contributed by atoms with Crippen LogP contribution < -0.4 is 5.73 Å². The molecule has 0 radical (unpaired) electrons. The van der Waals surface area contributed by atoms with E-state index in [1.807, 2.05) is 24.3 Å². The van der Waals surface area contributed by atoms with Gasteiger partial charge in [0.2, 0.25) is 5.92 Å². The fraction of sp³-hybridized carbons (Fsp3) is 0.462. The maximum atomic E-state index is 13.2. The molecule has 96 valence electrons. The topological polar surface area (TPSA) is 54.7 Å². The van der Waals surface area contributed by atoms with Crippen LogP contribution in [0.2, 0.25) is 0 Å². The number of hydrogen-bond donors (Lipinski definition) is 2. The fourth-order valence-corrected chi connectivity index (χ4v) is 2.65. The summed E-state index contributed by atoms with van der Waals surface area (Å²) >= 11 is 0.